The van der Waals surface area contributed by atoms with E-state index < -0.39 is 0 Å². The summed E-state index contributed by atoms with van der Waals surface area (Å²) >= 11 is 0. The van der Waals surface area contributed by atoms with Crippen LogP contribution >= 0.6 is 0 Å². The topological polar surface area (TPSA) is 70.6 Å². The van der Waals surface area contributed by atoms with Crippen LogP contribution < -0.4 is 10.7 Å². The number of unbranched alkanes of at least 4 members (excludes halogenated alkanes) is 6. The average molecular weight is 372 g/mol. The van der Waals surface area contributed by atoms with E-state index in [0.717, 1.165) is 18.4 Å². The molecule has 0 atom stereocenters. The second kappa shape index (κ2) is 14.7. The summed E-state index contributed by atoms with van der Waals surface area (Å²) in [7, 11) is 0. The Morgan fingerprint density at radius 2 is 1.63 bits per heavy atom. The maximum absolute atomic E-state index is 11.7. The molecule has 0 fully saturated rings. The molecule has 5 nitrogen and oxygen atoms in total. The van der Waals surface area contributed by atoms with Crippen LogP contribution in [0.15, 0.2) is 41.5 Å². The Balaban J connectivity index is 2.13. The van der Waals surface area contributed by atoms with E-state index in [4.69, 9.17) is 0 Å². The molecule has 0 aliphatic carbocycles. The van der Waals surface area contributed by atoms with E-state index in [9.17, 15) is 9.59 Å². The van der Waals surface area contributed by atoms with Crippen LogP contribution in [0.25, 0.3) is 6.08 Å². The minimum absolute atomic E-state index is 0.0471. The predicted molar refractivity (Wildman–Crippen MR) is 112 cm³/mol. The molecule has 0 saturated heterocycles. The summed E-state index contributed by atoms with van der Waals surface area (Å²) in [5, 5.41) is 6.64. The number of amides is 2. The highest BCUT2D eigenvalue weighted by Gasteiger charge is 2.04. The summed E-state index contributed by atoms with van der Waals surface area (Å²) < 4.78 is 0. The first-order chi connectivity index (χ1) is 13.1. The van der Waals surface area contributed by atoms with Crippen molar-refractivity contribution in [2.45, 2.75) is 65.2 Å². The van der Waals surface area contributed by atoms with E-state index in [0.29, 0.717) is 12.1 Å². The van der Waals surface area contributed by atoms with Crippen molar-refractivity contribution < 1.29 is 9.59 Å². The molecule has 0 bridgehead atoms. The van der Waals surface area contributed by atoms with Gasteiger partial charge in [-0.05, 0) is 25.0 Å². The van der Waals surface area contributed by atoms with Gasteiger partial charge in [0.15, 0.2) is 0 Å². The van der Waals surface area contributed by atoms with Gasteiger partial charge in [-0.25, -0.2) is 5.43 Å². The first-order valence-electron chi connectivity index (χ1n) is 9.94. The minimum Gasteiger partial charge on any atom is -0.347 e. The summed E-state index contributed by atoms with van der Waals surface area (Å²) in [5.41, 5.74) is 4.20. The molecular weight excluding hydrogens is 338 g/mol. The van der Waals surface area contributed by atoms with E-state index in [-0.39, 0.29) is 18.4 Å². The molecule has 0 heterocycles. The number of nitrogens with zero attached hydrogens (tertiary/aromatic N) is 1. The Kier molecular flexibility index (Phi) is 12.3. The third kappa shape index (κ3) is 12.5. The highest BCUT2D eigenvalue weighted by Crippen LogP contribution is 2.08. The van der Waals surface area contributed by atoms with Gasteiger partial charge >= 0.3 is 0 Å². The van der Waals surface area contributed by atoms with Gasteiger partial charge in [-0.1, -0.05) is 81.9 Å². The molecule has 1 aromatic carbocycles. The SMILES string of the molecule is CCCCCCCCCC(=O)NCC(=O)N/N=C(C)\C=C\c1ccccc1. The minimum atomic E-state index is -0.324. The standard InChI is InChI=1S/C22H33N3O2/c1-3-4-5-6-7-8-12-15-21(26)23-18-22(27)25-24-19(2)16-17-20-13-10-9-11-14-20/h9-11,13-14,16-17H,3-8,12,15,18H2,1-2H3,(H,23,26)(H,25,27)/b17-16+,24-19-. The smallest absolute Gasteiger partial charge is 0.259 e. The fraction of sp³-hybridized carbons (Fsp3) is 0.500. The number of allylic oxidation sites excluding steroid dienone is 1. The van der Waals surface area contributed by atoms with Gasteiger partial charge in [0.25, 0.3) is 5.91 Å². The van der Waals surface area contributed by atoms with Crippen molar-refractivity contribution in [1.29, 1.82) is 0 Å². The van der Waals surface area contributed by atoms with Gasteiger partial charge in [0, 0.05) is 6.42 Å². The van der Waals surface area contributed by atoms with Crippen LogP contribution in [0, 0.1) is 0 Å². The van der Waals surface area contributed by atoms with Gasteiger partial charge in [-0.3, -0.25) is 9.59 Å². The number of nitrogens with one attached hydrogen (secondary N) is 2. The van der Waals surface area contributed by atoms with Crippen LogP contribution in [-0.2, 0) is 9.59 Å². The van der Waals surface area contributed by atoms with Gasteiger partial charge < -0.3 is 5.32 Å². The maximum atomic E-state index is 11.7. The van der Waals surface area contributed by atoms with Gasteiger partial charge in [-0.15, -0.1) is 0 Å². The lowest BCUT2D eigenvalue weighted by atomic mass is 10.1. The van der Waals surface area contributed by atoms with Crippen LogP contribution in [0.4, 0.5) is 0 Å². The van der Waals surface area contributed by atoms with E-state index in [2.05, 4.69) is 22.8 Å². The first-order valence-corrected chi connectivity index (χ1v) is 9.94. The monoisotopic (exact) mass is 371 g/mol. The highest BCUT2D eigenvalue weighted by molar-refractivity contribution is 5.97. The Morgan fingerprint density at radius 3 is 2.33 bits per heavy atom. The van der Waals surface area contributed by atoms with Crippen LogP contribution in [0.3, 0.4) is 0 Å². The maximum Gasteiger partial charge on any atom is 0.259 e. The first kappa shape index (κ1) is 22.6. The van der Waals surface area contributed by atoms with Crippen molar-refractivity contribution in [2.75, 3.05) is 6.54 Å². The van der Waals surface area contributed by atoms with Crippen molar-refractivity contribution in [1.82, 2.24) is 10.7 Å². The van der Waals surface area contributed by atoms with Crippen molar-refractivity contribution in [3.63, 3.8) is 0 Å². The number of rotatable bonds is 13. The van der Waals surface area contributed by atoms with Crippen LogP contribution in [0.2, 0.25) is 0 Å². The molecule has 0 spiro atoms. The van der Waals surface area contributed by atoms with Gasteiger partial charge in [-0.2, -0.15) is 5.10 Å². The Hall–Kier alpha value is -2.43. The van der Waals surface area contributed by atoms with Gasteiger partial charge in [0.2, 0.25) is 5.91 Å². The Morgan fingerprint density at radius 1 is 0.963 bits per heavy atom. The summed E-state index contributed by atoms with van der Waals surface area (Å²) in [5.74, 6) is -0.404. The van der Waals surface area contributed by atoms with Crippen LogP contribution in [0.1, 0.15) is 70.8 Å². The largest absolute Gasteiger partial charge is 0.347 e. The number of carbonyl (C=O) groups excluding carboxylic acids is 2. The second-order valence-corrected chi connectivity index (χ2v) is 6.68. The van der Waals surface area contributed by atoms with E-state index in [1.165, 1.54) is 32.1 Å². The number of carbonyl (C=O) groups is 2. The van der Waals surface area contributed by atoms with Crippen molar-refractivity contribution in [3.8, 4) is 0 Å². The molecular formula is C22H33N3O2. The summed E-state index contributed by atoms with van der Waals surface area (Å²) in [6.45, 7) is 3.96. The second-order valence-electron chi connectivity index (χ2n) is 6.68. The molecule has 2 N–H and O–H groups in total. The molecule has 0 radical (unpaired) electrons. The molecule has 0 aromatic heterocycles. The van der Waals surface area contributed by atoms with Crippen molar-refractivity contribution in [2.24, 2.45) is 5.10 Å². The molecule has 1 aromatic rings. The summed E-state index contributed by atoms with van der Waals surface area (Å²) in [6.07, 6.45) is 12.4. The molecule has 1 rings (SSSR count). The fourth-order valence-corrected chi connectivity index (χ4v) is 2.52. The zero-order valence-corrected chi connectivity index (χ0v) is 16.7. The molecule has 5 heteroatoms. The summed E-state index contributed by atoms with van der Waals surface area (Å²) in [6, 6.07) is 9.86. The Labute approximate surface area is 163 Å². The highest BCUT2D eigenvalue weighted by atomic mass is 16.2. The third-order valence-electron chi connectivity index (χ3n) is 4.13. The average Bonchev–Trinajstić information content (AvgIpc) is 2.69. The number of benzene rings is 1. The number of hydrogen-bond donors (Lipinski definition) is 2. The third-order valence-corrected chi connectivity index (χ3v) is 4.13. The van der Waals surface area contributed by atoms with Gasteiger partial charge in [0.1, 0.15) is 0 Å². The van der Waals surface area contributed by atoms with Crippen molar-refractivity contribution in [3.05, 3.63) is 42.0 Å². The van der Waals surface area contributed by atoms with E-state index in [1.54, 1.807) is 6.92 Å². The normalized spacial score (nSPS) is 11.6. The van der Waals surface area contributed by atoms with E-state index in [1.807, 2.05) is 42.5 Å². The number of hydrogen-bond acceptors (Lipinski definition) is 3. The lowest BCUT2D eigenvalue weighted by Gasteiger charge is -2.05. The lowest BCUT2D eigenvalue weighted by Crippen LogP contribution is -2.35. The molecule has 2 amide bonds. The van der Waals surface area contributed by atoms with Crippen LogP contribution in [-0.4, -0.2) is 24.1 Å². The molecule has 0 unspecified atom stereocenters. The van der Waals surface area contributed by atoms with Gasteiger partial charge in [0.05, 0.1) is 12.3 Å². The quantitative estimate of drug-likeness (QED) is 0.305. The molecule has 27 heavy (non-hydrogen) atoms. The lowest BCUT2D eigenvalue weighted by molar-refractivity contribution is -0.126. The van der Waals surface area contributed by atoms with Crippen molar-refractivity contribution >= 4 is 23.6 Å². The zero-order chi connectivity index (χ0) is 19.7. The predicted octanol–water partition coefficient (Wildman–Crippen LogP) is 4.45. The Bertz CT molecular complexity index is 609. The summed E-state index contributed by atoms with van der Waals surface area (Å²) in [4.78, 5) is 23.5. The van der Waals surface area contributed by atoms with E-state index >= 15 is 0 Å². The molecule has 0 aliphatic heterocycles. The molecule has 0 aliphatic rings. The fourth-order valence-electron chi connectivity index (χ4n) is 2.52. The zero-order valence-electron chi connectivity index (χ0n) is 16.7. The number of hydrazone groups is 1. The molecule has 148 valence electrons. The molecule has 0 saturated carbocycles. The van der Waals surface area contributed by atoms with Crippen LogP contribution in [0.5, 0.6) is 0 Å².